The summed E-state index contributed by atoms with van der Waals surface area (Å²) in [6.07, 6.45) is 1.34. The van der Waals surface area contributed by atoms with Crippen LogP contribution in [0.15, 0.2) is 41.2 Å². The molecular weight excluding hydrogens is 316 g/mol. The number of rotatable bonds is 6. The highest BCUT2D eigenvalue weighted by molar-refractivity contribution is 5.87. The van der Waals surface area contributed by atoms with Crippen LogP contribution in [-0.4, -0.2) is 42.2 Å². The zero-order chi connectivity index (χ0) is 16.9. The Morgan fingerprint density at radius 3 is 2.71 bits per heavy atom. The summed E-state index contributed by atoms with van der Waals surface area (Å²) < 4.78 is 5.98. The van der Waals surface area contributed by atoms with E-state index in [9.17, 15) is 9.59 Å². The first kappa shape index (κ1) is 15.3. The van der Waals surface area contributed by atoms with Gasteiger partial charge < -0.3 is 15.6 Å². The Morgan fingerprint density at radius 1 is 1.29 bits per heavy atom. The van der Waals surface area contributed by atoms with E-state index in [2.05, 4.69) is 35.5 Å². The number of aromatic nitrogens is 6. The maximum atomic E-state index is 12.6. The number of nitrogens with zero attached hydrogens (tertiary/aromatic N) is 6. The zero-order valence-corrected chi connectivity index (χ0v) is 12.2. The first-order valence-electron chi connectivity index (χ1n) is 6.82. The first-order chi connectivity index (χ1) is 11.6. The van der Waals surface area contributed by atoms with E-state index in [0.29, 0.717) is 5.56 Å². The van der Waals surface area contributed by atoms with E-state index in [1.165, 1.54) is 11.0 Å². The van der Waals surface area contributed by atoms with Crippen LogP contribution in [0.3, 0.4) is 0 Å². The second-order valence-corrected chi connectivity index (χ2v) is 4.70. The molecule has 3 N–H and O–H groups in total. The highest BCUT2D eigenvalue weighted by Crippen LogP contribution is 2.16. The second-order valence-electron chi connectivity index (χ2n) is 4.70. The van der Waals surface area contributed by atoms with Gasteiger partial charge in [0.15, 0.2) is 11.9 Å². The maximum absolute atomic E-state index is 12.6. The van der Waals surface area contributed by atoms with E-state index in [4.69, 9.17) is 5.73 Å². The summed E-state index contributed by atoms with van der Waals surface area (Å²) in [7, 11) is 0. The van der Waals surface area contributed by atoms with Crippen LogP contribution in [0.2, 0.25) is 0 Å². The van der Waals surface area contributed by atoms with E-state index >= 15 is 0 Å². The maximum Gasteiger partial charge on any atom is 0.315 e. The molecule has 2 heterocycles. The van der Waals surface area contributed by atoms with Crippen molar-refractivity contribution in [3.05, 3.63) is 53.9 Å². The van der Waals surface area contributed by atoms with E-state index in [0.717, 1.165) is 0 Å². The van der Waals surface area contributed by atoms with Crippen molar-refractivity contribution in [2.24, 2.45) is 5.73 Å². The van der Waals surface area contributed by atoms with Gasteiger partial charge in [-0.2, -0.15) is 4.98 Å². The number of nitrogens with two attached hydrogens (primary N) is 1. The molecule has 3 rings (SSSR count). The summed E-state index contributed by atoms with van der Waals surface area (Å²) >= 11 is 0. The van der Waals surface area contributed by atoms with Crippen LogP contribution in [0.25, 0.3) is 0 Å². The molecular formula is C13H12N8O3. The summed E-state index contributed by atoms with van der Waals surface area (Å²) in [4.78, 5) is 27.2. The molecule has 3 aromatic rings. The topological polar surface area (TPSA) is 155 Å². The Morgan fingerprint density at radius 2 is 2.08 bits per heavy atom. The molecule has 0 bridgehead atoms. The number of hydrogen-bond donors (Lipinski definition) is 2. The molecule has 11 nitrogen and oxygen atoms in total. The predicted molar refractivity (Wildman–Crippen MR) is 77.1 cm³/mol. The van der Waals surface area contributed by atoms with Crippen LogP contribution >= 0.6 is 0 Å². The third kappa shape index (κ3) is 3.24. The van der Waals surface area contributed by atoms with Crippen LogP contribution in [-0.2, 0) is 11.3 Å². The molecule has 1 atom stereocenters. The molecule has 11 heteroatoms. The molecule has 0 aliphatic heterocycles. The number of primary amides is 1. The van der Waals surface area contributed by atoms with Crippen molar-refractivity contribution in [1.82, 2.24) is 35.7 Å². The number of amides is 2. The van der Waals surface area contributed by atoms with Crippen molar-refractivity contribution >= 4 is 11.8 Å². The number of carbonyl (C=O) groups excluding carboxylic acids is 2. The molecule has 0 aliphatic rings. The molecule has 24 heavy (non-hydrogen) atoms. The van der Waals surface area contributed by atoms with Crippen LogP contribution in [0.5, 0.6) is 0 Å². The lowest BCUT2D eigenvalue weighted by Crippen LogP contribution is -2.33. The van der Waals surface area contributed by atoms with E-state index < -0.39 is 11.9 Å². The van der Waals surface area contributed by atoms with E-state index in [-0.39, 0.29) is 24.2 Å². The first-order valence-corrected chi connectivity index (χ1v) is 6.82. The quantitative estimate of drug-likeness (QED) is 0.587. The molecule has 0 fully saturated rings. The fraction of sp³-hybridized carbons (Fsp3) is 0.154. The number of hydrogen-bond acceptors (Lipinski definition) is 8. The predicted octanol–water partition coefficient (Wildman–Crippen LogP) is -0.939. The average Bonchev–Trinajstić information content (AvgIpc) is 3.26. The van der Waals surface area contributed by atoms with Crippen LogP contribution < -0.4 is 11.1 Å². The van der Waals surface area contributed by atoms with Gasteiger partial charge in [0.05, 0.1) is 6.54 Å². The SMILES string of the molecule is NC(=O)c1nc(CNC(=O)[C@H](c2ccccc2)n2cnnn2)no1. The molecule has 0 saturated carbocycles. The van der Waals surface area contributed by atoms with Gasteiger partial charge >= 0.3 is 11.8 Å². The summed E-state index contributed by atoms with van der Waals surface area (Å²) in [6, 6.07) is 8.25. The lowest BCUT2D eigenvalue weighted by molar-refractivity contribution is -0.123. The Hall–Kier alpha value is -3.63. The number of carbonyl (C=O) groups is 2. The highest BCUT2D eigenvalue weighted by Gasteiger charge is 2.24. The third-order valence-electron chi connectivity index (χ3n) is 3.09. The van der Waals surface area contributed by atoms with Crippen molar-refractivity contribution in [2.45, 2.75) is 12.6 Å². The molecule has 0 radical (unpaired) electrons. The second kappa shape index (κ2) is 6.64. The minimum atomic E-state index is -0.837. The van der Waals surface area contributed by atoms with E-state index in [1.807, 2.05) is 6.07 Å². The third-order valence-corrected chi connectivity index (χ3v) is 3.09. The van der Waals surface area contributed by atoms with Crippen molar-refractivity contribution in [3.8, 4) is 0 Å². The Bertz CT molecular complexity index is 830. The van der Waals surface area contributed by atoms with Gasteiger partial charge in [0.1, 0.15) is 6.33 Å². The van der Waals surface area contributed by atoms with Crippen molar-refractivity contribution in [1.29, 1.82) is 0 Å². The number of nitrogens with one attached hydrogen (secondary N) is 1. The van der Waals surface area contributed by atoms with Gasteiger partial charge in [0.2, 0.25) is 5.91 Å². The summed E-state index contributed by atoms with van der Waals surface area (Å²) in [5.74, 6) is -1.41. The van der Waals surface area contributed by atoms with Crippen LogP contribution in [0.4, 0.5) is 0 Å². The van der Waals surface area contributed by atoms with Crippen molar-refractivity contribution in [3.63, 3.8) is 0 Å². The molecule has 0 spiro atoms. The van der Waals surface area contributed by atoms with Gasteiger partial charge in [-0.1, -0.05) is 35.5 Å². The molecule has 1 aromatic carbocycles. The lowest BCUT2D eigenvalue weighted by atomic mass is 10.1. The summed E-state index contributed by atoms with van der Waals surface area (Å²) in [5, 5.41) is 17.1. The highest BCUT2D eigenvalue weighted by atomic mass is 16.5. The molecule has 0 saturated heterocycles. The lowest BCUT2D eigenvalue weighted by Gasteiger charge is -2.15. The fourth-order valence-corrected chi connectivity index (χ4v) is 2.03. The van der Waals surface area contributed by atoms with Crippen molar-refractivity contribution in [2.75, 3.05) is 0 Å². The average molecular weight is 328 g/mol. The Balaban J connectivity index is 1.75. The smallest absolute Gasteiger partial charge is 0.315 e. The van der Waals surface area contributed by atoms with Gasteiger partial charge in [-0.25, -0.2) is 4.68 Å². The molecule has 0 aliphatic carbocycles. The summed E-state index contributed by atoms with van der Waals surface area (Å²) in [5.41, 5.74) is 5.73. The van der Waals surface area contributed by atoms with Crippen molar-refractivity contribution < 1.29 is 14.1 Å². The molecule has 122 valence electrons. The van der Waals surface area contributed by atoms with Gasteiger partial charge in [0, 0.05) is 0 Å². The monoisotopic (exact) mass is 328 g/mol. The normalized spacial score (nSPS) is 11.8. The van der Waals surface area contributed by atoms with Gasteiger partial charge in [-0.3, -0.25) is 9.59 Å². The molecule has 0 unspecified atom stereocenters. The fourth-order valence-electron chi connectivity index (χ4n) is 2.03. The summed E-state index contributed by atoms with van der Waals surface area (Å²) in [6.45, 7) is -0.0406. The van der Waals surface area contributed by atoms with Gasteiger partial charge in [0.25, 0.3) is 0 Å². The van der Waals surface area contributed by atoms with Gasteiger partial charge in [-0.05, 0) is 16.0 Å². The number of benzene rings is 1. The Kier molecular flexibility index (Phi) is 4.23. The largest absolute Gasteiger partial charge is 0.361 e. The minimum absolute atomic E-state index is 0.0406. The zero-order valence-electron chi connectivity index (χ0n) is 12.2. The molecule has 2 amide bonds. The van der Waals surface area contributed by atoms with E-state index in [1.54, 1.807) is 24.3 Å². The minimum Gasteiger partial charge on any atom is -0.361 e. The van der Waals surface area contributed by atoms with Crippen LogP contribution in [0.1, 0.15) is 28.1 Å². The van der Waals surface area contributed by atoms with Gasteiger partial charge in [-0.15, -0.1) is 5.10 Å². The molecule has 2 aromatic heterocycles. The standard InChI is InChI=1S/C13H12N8O3/c14-11(22)13-17-9(18-24-13)6-15-12(23)10(21-7-16-19-20-21)8-4-2-1-3-5-8/h1-5,7,10H,6H2,(H2,14,22)(H,15,23)/t10-/m0/s1. The number of tetrazole rings is 1. The Labute approximate surface area is 134 Å². The van der Waals surface area contributed by atoms with Crippen LogP contribution in [0, 0.1) is 0 Å².